The minimum Gasteiger partial charge on any atom is -0.325 e. The lowest BCUT2D eigenvalue weighted by atomic mass is 10.1. The Balaban J connectivity index is 2.23. The highest BCUT2D eigenvalue weighted by atomic mass is 32.2. The number of hydrogen-bond acceptors (Lipinski definition) is 8. The van der Waals surface area contributed by atoms with E-state index in [1.165, 1.54) is 24.5 Å². The van der Waals surface area contributed by atoms with Gasteiger partial charge in [-0.1, -0.05) is 0 Å². The smallest absolute Gasteiger partial charge is 0.217 e. The van der Waals surface area contributed by atoms with Crippen LogP contribution in [0.5, 0.6) is 0 Å². The first-order valence-corrected chi connectivity index (χ1v) is 11.5. The Morgan fingerprint density at radius 2 is 1.77 bits per heavy atom. The highest BCUT2D eigenvalue weighted by molar-refractivity contribution is 7.93. The zero-order valence-electron chi connectivity index (χ0n) is 13.9. The van der Waals surface area contributed by atoms with Crippen molar-refractivity contribution in [3.63, 3.8) is 0 Å². The quantitative estimate of drug-likeness (QED) is 0.668. The average Bonchev–Trinajstić information content (AvgIpc) is 3.22. The van der Waals surface area contributed by atoms with E-state index in [1.807, 2.05) is 0 Å². The topological polar surface area (TPSA) is 125 Å². The van der Waals surface area contributed by atoms with E-state index in [9.17, 15) is 16.8 Å². The molecule has 26 heavy (non-hydrogen) atoms. The second-order valence-electron chi connectivity index (χ2n) is 5.65. The fraction of sp³-hybridized carbons (Fsp3) is 0.200. The molecule has 0 fully saturated rings. The molecule has 0 radical (unpaired) electrons. The summed E-state index contributed by atoms with van der Waals surface area (Å²) in [6.07, 6.45) is 5.48. The molecule has 1 aromatic carbocycles. The molecule has 2 aromatic heterocycles. The highest BCUT2D eigenvalue weighted by Gasteiger charge is 2.24. The summed E-state index contributed by atoms with van der Waals surface area (Å²) in [5, 5.41) is 4.53. The van der Waals surface area contributed by atoms with Crippen LogP contribution in [0.15, 0.2) is 50.8 Å². The van der Waals surface area contributed by atoms with Gasteiger partial charge >= 0.3 is 0 Å². The van der Waals surface area contributed by atoms with Gasteiger partial charge in [-0.05, 0) is 23.8 Å². The first-order valence-electron chi connectivity index (χ1n) is 7.35. The predicted octanol–water partition coefficient (Wildman–Crippen LogP) is 1.24. The second-order valence-corrected chi connectivity index (χ2v) is 11.0. The summed E-state index contributed by atoms with van der Waals surface area (Å²) >= 11 is 0.964. The van der Waals surface area contributed by atoms with Gasteiger partial charge in [0.15, 0.2) is 9.84 Å². The Labute approximate surface area is 155 Å². The van der Waals surface area contributed by atoms with E-state index < -0.39 is 19.7 Å². The lowest BCUT2D eigenvalue weighted by molar-refractivity contribution is 0.597. The van der Waals surface area contributed by atoms with Crippen LogP contribution >= 0.6 is 11.3 Å². The molecular weight excluding hydrogens is 396 g/mol. The van der Waals surface area contributed by atoms with Crippen LogP contribution < -0.4 is 5.73 Å². The van der Waals surface area contributed by atoms with Crippen molar-refractivity contribution in [3.8, 4) is 11.1 Å². The molecule has 0 saturated carbocycles. The maximum Gasteiger partial charge on any atom is 0.217 e. The molecule has 3 aromatic rings. The Hall–Kier alpha value is -2.08. The fourth-order valence-corrected chi connectivity index (χ4v) is 5.59. The lowest BCUT2D eigenvalue weighted by Gasteiger charge is -2.08. The zero-order chi connectivity index (χ0) is 19.1. The van der Waals surface area contributed by atoms with E-state index in [1.54, 1.807) is 17.9 Å². The minimum atomic E-state index is -3.93. The summed E-state index contributed by atoms with van der Waals surface area (Å²) in [5.41, 5.74) is 6.55. The third-order valence-electron chi connectivity index (χ3n) is 3.63. The standard InChI is InChI=1S/C15H16N4O4S3/c1-19-9-11(7-18-19)10-3-12(25(2,20)21)5-13(4-10)26(22,23)15-8-17-14(6-16)24-15/h3-5,7-9H,6,16H2,1-2H3. The Bertz CT molecular complexity index is 1180. The van der Waals surface area contributed by atoms with Crippen molar-refractivity contribution in [2.45, 2.75) is 20.5 Å². The van der Waals surface area contributed by atoms with Crippen molar-refractivity contribution in [1.82, 2.24) is 14.8 Å². The molecule has 0 saturated heterocycles. The summed E-state index contributed by atoms with van der Waals surface area (Å²) in [5.74, 6) is 0. The molecule has 0 bridgehead atoms. The Morgan fingerprint density at radius 3 is 2.31 bits per heavy atom. The number of nitrogens with two attached hydrogens (primary N) is 1. The van der Waals surface area contributed by atoms with Crippen molar-refractivity contribution in [1.29, 1.82) is 0 Å². The minimum absolute atomic E-state index is 0.0146. The molecule has 0 aliphatic heterocycles. The number of thiazole rings is 1. The van der Waals surface area contributed by atoms with Crippen LogP contribution in [-0.2, 0) is 33.3 Å². The SMILES string of the molecule is Cn1cc(-c2cc(S(C)(=O)=O)cc(S(=O)(=O)c3cnc(CN)s3)c2)cn1. The molecule has 0 unspecified atom stereocenters. The van der Waals surface area contributed by atoms with Gasteiger partial charge in [0.05, 0.1) is 22.2 Å². The number of aromatic nitrogens is 3. The third kappa shape index (κ3) is 3.56. The van der Waals surface area contributed by atoms with E-state index in [0.717, 1.165) is 23.7 Å². The molecule has 0 spiro atoms. The Morgan fingerprint density at radius 1 is 1.08 bits per heavy atom. The largest absolute Gasteiger partial charge is 0.325 e. The monoisotopic (exact) mass is 412 g/mol. The maximum atomic E-state index is 12.9. The van der Waals surface area contributed by atoms with Crippen LogP contribution in [0.1, 0.15) is 5.01 Å². The van der Waals surface area contributed by atoms with Crippen LogP contribution in [0, 0.1) is 0 Å². The highest BCUT2D eigenvalue weighted by Crippen LogP contribution is 2.31. The summed E-state index contributed by atoms with van der Waals surface area (Å²) in [4.78, 5) is 3.76. The number of nitrogens with zero attached hydrogens (tertiary/aromatic N) is 3. The molecule has 11 heteroatoms. The van der Waals surface area contributed by atoms with Gasteiger partial charge in [0.25, 0.3) is 0 Å². The van der Waals surface area contributed by atoms with Gasteiger partial charge in [-0.3, -0.25) is 4.68 Å². The molecule has 8 nitrogen and oxygen atoms in total. The van der Waals surface area contributed by atoms with Gasteiger partial charge in [0.2, 0.25) is 9.84 Å². The van der Waals surface area contributed by atoms with Gasteiger partial charge in [0, 0.05) is 31.6 Å². The van der Waals surface area contributed by atoms with Gasteiger partial charge in [-0.15, -0.1) is 11.3 Å². The van der Waals surface area contributed by atoms with Gasteiger partial charge in [0.1, 0.15) is 9.22 Å². The molecule has 0 aliphatic carbocycles. The lowest BCUT2D eigenvalue weighted by Crippen LogP contribution is -2.04. The van der Waals surface area contributed by atoms with Crippen molar-refractivity contribution in [2.24, 2.45) is 12.8 Å². The summed E-state index contributed by atoms with van der Waals surface area (Å²) in [6.45, 7) is 0.129. The zero-order valence-corrected chi connectivity index (χ0v) is 16.4. The molecule has 2 N–H and O–H groups in total. The number of aryl methyl sites for hydroxylation is 1. The van der Waals surface area contributed by atoms with Crippen molar-refractivity contribution >= 4 is 31.0 Å². The number of hydrogen-bond donors (Lipinski definition) is 1. The van der Waals surface area contributed by atoms with Crippen LogP contribution in [0.25, 0.3) is 11.1 Å². The van der Waals surface area contributed by atoms with Crippen LogP contribution in [0.3, 0.4) is 0 Å². The first-order chi connectivity index (χ1) is 12.1. The first kappa shape index (κ1) is 18.7. The number of benzene rings is 1. The molecule has 3 rings (SSSR count). The predicted molar refractivity (Wildman–Crippen MR) is 97.2 cm³/mol. The van der Waals surface area contributed by atoms with Gasteiger partial charge in [-0.2, -0.15) is 5.10 Å². The van der Waals surface area contributed by atoms with E-state index in [0.29, 0.717) is 16.1 Å². The number of sulfone groups is 2. The molecule has 0 atom stereocenters. The molecule has 0 aliphatic rings. The van der Waals surface area contributed by atoms with E-state index in [4.69, 9.17) is 5.73 Å². The summed E-state index contributed by atoms with van der Waals surface area (Å²) in [7, 11) is -5.83. The van der Waals surface area contributed by atoms with E-state index in [-0.39, 0.29) is 20.5 Å². The molecule has 138 valence electrons. The number of rotatable bonds is 5. The van der Waals surface area contributed by atoms with Gasteiger partial charge in [-0.25, -0.2) is 21.8 Å². The van der Waals surface area contributed by atoms with E-state index in [2.05, 4.69) is 10.1 Å². The van der Waals surface area contributed by atoms with Crippen molar-refractivity contribution < 1.29 is 16.8 Å². The summed E-state index contributed by atoms with van der Waals surface area (Å²) in [6, 6.07) is 4.03. The normalized spacial score (nSPS) is 12.4. The van der Waals surface area contributed by atoms with Gasteiger partial charge < -0.3 is 5.73 Å². The molecule has 2 heterocycles. The average molecular weight is 413 g/mol. The molecular formula is C15H16N4O4S3. The fourth-order valence-electron chi connectivity index (χ4n) is 2.31. The maximum absolute atomic E-state index is 12.9. The molecule has 0 amide bonds. The van der Waals surface area contributed by atoms with Crippen molar-refractivity contribution in [3.05, 3.63) is 41.8 Å². The van der Waals surface area contributed by atoms with Crippen LogP contribution in [0.4, 0.5) is 0 Å². The Kier molecular flexibility index (Phi) is 4.73. The van der Waals surface area contributed by atoms with Crippen molar-refractivity contribution in [2.75, 3.05) is 6.26 Å². The van der Waals surface area contributed by atoms with Crippen LogP contribution in [0.2, 0.25) is 0 Å². The van der Waals surface area contributed by atoms with Crippen LogP contribution in [-0.4, -0.2) is 37.9 Å². The second kappa shape index (κ2) is 6.58. The summed E-state index contributed by atoms with van der Waals surface area (Å²) < 4.78 is 51.5. The van der Waals surface area contributed by atoms with E-state index >= 15 is 0 Å². The third-order valence-corrected chi connectivity index (χ3v) is 7.93.